The van der Waals surface area contributed by atoms with Gasteiger partial charge in [-0.1, -0.05) is 18.2 Å². The molecule has 0 unspecified atom stereocenters. The van der Waals surface area contributed by atoms with Gasteiger partial charge in [-0.2, -0.15) is 5.10 Å². The Morgan fingerprint density at radius 1 is 1.13 bits per heavy atom. The molecule has 10 heteroatoms. The van der Waals surface area contributed by atoms with Crippen LogP contribution in [0.3, 0.4) is 0 Å². The summed E-state index contributed by atoms with van der Waals surface area (Å²) in [5.41, 5.74) is 4.38. The van der Waals surface area contributed by atoms with Gasteiger partial charge >= 0.3 is 5.97 Å². The van der Waals surface area contributed by atoms with E-state index in [1.54, 1.807) is 49.4 Å². The second-order valence-corrected chi connectivity index (χ2v) is 8.26. The Kier molecular flexibility index (Phi) is 7.54. The van der Waals surface area contributed by atoms with E-state index in [1.807, 2.05) is 0 Å². The van der Waals surface area contributed by atoms with Gasteiger partial charge in [0.05, 0.1) is 37.9 Å². The number of hydrogen-bond donors (Lipinski definition) is 1. The number of aryl methyl sites for hydroxylation is 1. The molecule has 0 atom stereocenters. The largest absolute Gasteiger partial charge is 0.495 e. The number of hydrazone groups is 1. The molecule has 0 heterocycles. The summed E-state index contributed by atoms with van der Waals surface area (Å²) in [7, 11) is -1.05. The number of benzene rings is 2. The lowest BCUT2D eigenvalue weighted by molar-refractivity contribution is -0.119. The van der Waals surface area contributed by atoms with Gasteiger partial charge in [-0.3, -0.25) is 9.10 Å². The van der Waals surface area contributed by atoms with Gasteiger partial charge in [0, 0.05) is 0 Å². The summed E-state index contributed by atoms with van der Waals surface area (Å²) in [6.45, 7) is 1.33. The zero-order valence-electron chi connectivity index (χ0n) is 17.1. The predicted molar refractivity (Wildman–Crippen MR) is 113 cm³/mol. The number of hydrogen-bond acceptors (Lipinski definition) is 7. The summed E-state index contributed by atoms with van der Waals surface area (Å²) < 4.78 is 35.3. The van der Waals surface area contributed by atoms with Crippen LogP contribution in [-0.2, 0) is 19.6 Å². The lowest BCUT2D eigenvalue weighted by Gasteiger charge is -2.23. The molecule has 0 bridgehead atoms. The number of carbonyl (C=O) groups excluding carboxylic acids is 2. The zero-order valence-corrected chi connectivity index (χ0v) is 17.9. The summed E-state index contributed by atoms with van der Waals surface area (Å²) in [5.74, 6) is -0.765. The average Bonchev–Trinajstić information content (AvgIpc) is 2.71. The highest BCUT2D eigenvalue weighted by Gasteiger charge is 2.24. The van der Waals surface area contributed by atoms with Gasteiger partial charge in [-0.25, -0.2) is 18.6 Å². The molecule has 0 aliphatic heterocycles. The molecular formula is C20H23N3O6S. The van der Waals surface area contributed by atoms with Crippen LogP contribution >= 0.6 is 0 Å². The number of ether oxygens (including phenoxy) is 2. The molecule has 160 valence electrons. The number of esters is 1. The molecular weight excluding hydrogens is 410 g/mol. The molecule has 0 aliphatic rings. The Labute approximate surface area is 175 Å². The number of carbonyl (C=O) groups is 2. The number of rotatable bonds is 8. The van der Waals surface area contributed by atoms with Gasteiger partial charge in [0.15, 0.2) is 0 Å². The fourth-order valence-electron chi connectivity index (χ4n) is 2.54. The van der Waals surface area contributed by atoms with Crippen LogP contribution in [0.25, 0.3) is 0 Å². The Morgan fingerprint density at radius 2 is 1.80 bits per heavy atom. The molecule has 30 heavy (non-hydrogen) atoms. The average molecular weight is 433 g/mol. The number of anilines is 1. The number of methoxy groups -OCH3 is 2. The first-order valence-electron chi connectivity index (χ1n) is 8.78. The quantitative estimate of drug-likeness (QED) is 0.385. The molecule has 0 aromatic heterocycles. The van der Waals surface area contributed by atoms with Crippen molar-refractivity contribution in [2.75, 3.05) is 31.3 Å². The minimum Gasteiger partial charge on any atom is -0.495 e. The molecule has 0 radical (unpaired) electrons. The van der Waals surface area contributed by atoms with Gasteiger partial charge in [0.1, 0.15) is 12.3 Å². The van der Waals surface area contributed by atoms with Crippen molar-refractivity contribution in [1.82, 2.24) is 5.43 Å². The van der Waals surface area contributed by atoms with Crippen molar-refractivity contribution in [3.05, 3.63) is 59.2 Å². The van der Waals surface area contributed by atoms with E-state index in [0.717, 1.165) is 16.1 Å². The van der Waals surface area contributed by atoms with Crippen LogP contribution < -0.4 is 14.5 Å². The molecule has 0 fully saturated rings. The van der Waals surface area contributed by atoms with E-state index in [-0.39, 0.29) is 5.69 Å². The second-order valence-electron chi connectivity index (χ2n) is 6.35. The molecule has 1 N–H and O–H groups in total. The van der Waals surface area contributed by atoms with E-state index in [9.17, 15) is 18.0 Å². The van der Waals surface area contributed by atoms with Gasteiger partial charge in [-0.05, 0) is 42.3 Å². The number of sulfonamides is 1. The van der Waals surface area contributed by atoms with Crippen molar-refractivity contribution in [2.24, 2.45) is 5.10 Å². The molecule has 2 aromatic carbocycles. The van der Waals surface area contributed by atoms with Crippen molar-refractivity contribution in [1.29, 1.82) is 0 Å². The third-order valence-corrected chi connectivity index (χ3v) is 5.15. The number of nitrogens with zero attached hydrogens (tertiary/aromatic N) is 2. The van der Waals surface area contributed by atoms with E-state index in [4.69, 9.17) is 4.74 Å². The highest BCUT2D eigenvalue weighted by atomic mass is 32.2. The topological polar surface area (TPSA) is 114 Å². The van der Waals surface area contributed by atoms with Crippen molar-refractivity contribution < 1.29 is 27.5 Å². The molecule has 0 saturated heterocycles. The Morgan fingerprint density at radius 3 is 2.37 bits per heavy atom. The number of amides is 1. The third-order valence-electron chi connectivity index (χ3n) is 4.03. The van der Waals surface area contributed by atoms with E-state index < -0.39 is 28.4 Å². The van der Waals surface area contributed by atoms with Gasteiger partial charge in [0.25, 0.3) is 5.91 Å². The molecule has 2 aromatic rings. The fraction of sp³-hybridized carbons (Fsp3) is 0.250. The van der Waals surface area contributed by atoms with Crippen LogP contribution in [0.15, 0.2) is 47.6 Å². The lowest BCUT2D eigenvalue weighted by atomic mass is 10.1. The molecule has 0 saturated carbocycles. The van der Waals surface area contributed by atoms with Crippen molar-refractivity contribution in [3.8, 4) is 5.75 Å². The van der Waals surface area contributed by atoms with E-state index >= 15 is 0 Å². The fourth-order valence-corrected chi connectivity index (χ4v) is 3.40. The third kappa shape index (κ3) is 6.05. The Bertz CT molecular complexity index is 1050. The number of nitrogens with one attached hydrogen (secondary N) is 1. The van der Waals surface area contributed by atoms with Gasteiger partial charge < -0.3 is 9.47 Å². The van der Waals surface area contributed by atoms with Crippen molar-refractivity contribution in [2.45, 2.75) is 6.92 Å². The van der Waals surface area contributed by atoms with Gasteiger partial charge in [0.2, 0.25) is 10.0 Å². The zero-order chi connectivity index (χ0) is 22.3. The van der Waals surface area contributed by atoms with Crippen LogP contribution in [0.1, 0.15) is 21.5 Å². The van der Waals surface area contributed by atoms with Crippen LogP contribution in [0.2, 0.25) is 0 Å². The molecule has 0 aliphatic carbocycles. The normalized spacial score (nSPS) is 11.2. The van der Waals surface area contributed by atoms with Crippen molar-refractivity contribution in [3.63, 3.8) is 0 Å². The summed E-state index contributed by atoms with van der Waals surface area (Å²) in [4.78, 5) is 23.7. The van der Waals surface area contributed by atoms with Crippen molar-refractivity contribution >= 4 is 33.8 Å². The van der Waals surface area contributed by atoms with E-state index in [1.165, 1.54) is 20.4 Å². The van der Waals surface area contributed by atoms with Crippen LogP contribution in [0.5, 0.6) is 5.75 Å². The Hall–Kier alpha value is -3.40. The van der Waals surface area contributed by atoms with Gasteiger partial charge in [-0.15, -0.1) is 0 Å². The monoisotopic (exact) mass is 433 g/mol. The first kappa shape index (κ1) is 22.9. The van der Waals surface area contributed by atoms with Crippen LogP contribution in [0, 0.1) is 6.92 Å². The molecule has 9 nitrogen and oxygen atoms in total. The molecule has 1 amide bonds. The first-order chi connectivity index (χ1) is 14.2. The SMILES string of the molecule is COC(=O)c1ccc(/C=N\NC(=O)CN(c2cc(C)ccc2OC)S(C)(=O)=O)cc1. The highest BCUT2D eigenvalue weighted by molar-refractivity contribution is 7.92. The standard InChI is InChI=1S/C20H23N3O6S/c1-14-5-10-18(28-2)17(11-14)23(30(4,26)27)13-19(24)22-21-12-15-6-8-16(9-7-15)20(25)29-3/h5-12H,13H2,1-4H3,(H,22,24)/b21-12-. The second kappa shape index (κ2) is 9.88. The minimum absolute atomic E-state index is 0.262. The summed E-state index contributed by atoms with van der Waals surface area (Å²) in [6, 6.07) is 11.4. The predicted octanol–water partition coefficient (Wildman–Crippen LogP) is 1.71. The van der Waals surface area contributed by atoms with E-state index in [2.05, 4.69) is 15.3 Å². The summed E-state index contributed by atoms with van der Waals surface area (Å²) in [5, 5.41) is 3.83. The summed E-state index contributed by atoms with van der Waals surface area (Å²) in [6.07, 6.45) is 2.38. The molecule has 0 spiro atoms. The lowest BCUT2D eigenvalue weighted by Crippen LogP contribution is -2.39. The summed E-state index contributed by atoms with van der Waals surface area (Å²) >= 11 is 0. The Balaban J connectivity index is 2.11. The molecule has 2 rings (SSSR count). The smallest absolute Gasteiger partial charge is 0.337 e. The van der Waals surface area contributed by atoms with Crippen LogP contribution in [-0.4, -0.2) is 53.5 Å². The van der Waals surface area contributed by atoms with Crippen LogP contribution in [0.4, 0.5) is 5.69 Å². The maximum Gasteiger partial charge on any atom is 0.337 e. The first-order valence-corrected chi connectivity index (χ1v) is 10.6. The van der Waals surface area contributed by atoms with E-state index in [0.29, 0.717) is 16.9 Å². The highest BCUT2D eigenvalue weighted by Crippen LogP contribution is 2.30. The maximum absolute atomic E-state index is 12.3. The minimum atomic E-state index is -3.76. The maximum atomic E-state index is 12.3.